The molecule has 1 spiro atoms. The molecule has 19 heavy (non-hydrogen) atoms. The number of hydrogen-bond acceptors (Lipinski definition) is 3. The Hall–Kier alpha value is -1.33. The van der Waals surface area contributed by atoms with Gasteiger partial charge in [0.25, 0.3) is 0 Å². The number of halogens is 1. The molecule has 1 N–H and O–H groups in total. The van der Waals surface area contributed by atoms with Crippen molar-refractivity contribution < 1.29 is 18.7 Å². The molecule has 0 aromatic rings. The van der Waals surface area contributed by atoms with E-state index in [0.717, 1.165) is 12.8 Å². The summed E-state index contributed by atoms with van der Waals surface area (Å²) in [6.07, 6.45) is 0.172. The van der Waals surface area contributed by atoms with E-state index in [2.05, 4.69) is 5.32 Å². The van der Waals surface area contributed by atoms with Crippen LogP contribution >= 0.6 is 0 Å². The van der Waals surface area contributed by atoms with Gasteiger partial charge in [-0.05, 0) is 33.6 Å². The zero-order valence-corrected chi connectivity index (χ0v) is 11.7. The monoisotopic (exact) mass is 272 g/mol. The van der Waals surface area contributed by atoms with Gasteiger partial charge in [-0.2, -0.15) is 0 Å². The summed E-state index contributed by atoms with van der Waals surface area (Å²) in [4.78, 5) is 24.8. The van der Waals surface area contributed by atoms with Crippen LogP contribution in [0.1, 0.15) is 33.6 Å². The third kappa shape index (κ3) is 3.36. The van der Waals surface area contributed by atoms with Crippen LogP contribution in [0.4, 0.5) is 9.18 Å². The largest absolute Gasteiger partial charge is 0.444 e. The van der Waals surface area contributed by atoms with Gasteiger partial charge in [-0.15, -0.1) is 0 Å². The fourth-order valence-electron chi connectivity index (χ4n) is 2.33. The van der Waals surface area contributed by atoms with Crippen molar-refractivity contribution in [3.63, 3.8) is 0 Å². The Labute approximate surface area is 112 Å². The molecule has 0 aromatic carbocycles. The number of carbonyl (C=O) groups excluding carboxylic acids is 2. The number of nitrogens with one attached hydrogen (secondary N) is 1. The van der Waals surface area contributed by atoms with Gasteiger partial charge in [-0.1, -0.05) is 0 Å². The van der Waals surface area contributed by atoms with Crippen molar-refractivity contribution in [1.82, 2.24) is 10.2 Å². The fourth-order valence-corrected chi connectivity index (χ4v) is 2.33. The van der Waals surface area contributed by atoms with Gasteiger partial charge < -0.3 is 15.0 Å². The Balaban J connectivity index is 1.75. The first-order valence-corrected chi connectivity index (χ1v) is 6.61. The Kier molecular flexibility index (Phi) is 3.45. The summed E-state index contributed by atoms with van der Waals surface area (Å²) < 4.78 is 18.7. The molecule has 1 atom stereocenters. The Morgan fingerprint density at radius 1 is 1.42 bits per heavy atom. The molecule has 1 aliphatic heterocycles. The van der Waals surface area contributed by atoms with Crippen LogP contribution in [0.5, 0.6) is 0 Å². The number of likely N-dealkylation sites (tertiary alicyclic amines) is 1. The molecule has 2 aliphatic rings. The molecule has 2 fully saturated rings. The predicted octanol–water partition coefficient (Wildman–Crippen LogP) is 1.47. The van der Waals surface area contributed by atoms with Crippen molar-refractivity contribution >= 4 is 12.0 Å². The summed E-state index contributed by atoms with van der Waals surface area (Å²) in [6, 6.07) is 0. The fraction of sp³-hybridized carbons (Fsp3) is 0.846. The van der Waals surface area contributed by atoms with Crippen LogP contribution in [0.15, 0.2) is 0 Å². The first kappa shape index (κ1) is 14.1. The standard InChI is InChI=1S/C13H21FN2O3/c1-12(2,3)19-11(18)15-6-10(17)16-7-9(14)13(8-16)4-5-13/h9H,4-8H2,1-3H3,(H,15,18). The average Bonchev–Trinajstić information content (AvgIpc) is 2.95. The Bertz CT molecular complexity index is 388. The van der Waals surface area contributed by atoms with E-state index in [0.29, 0.717) is 6.54 Å². The molecule has 0 radical (unpaired) electrons. The zero-order chi connectivity index (χ0) is 14.3. The number of ether oxygens (including phenoxy) is 1. The van der Waals surface area contributed by atoms with Crippen molar-refractivity contribution in [2.75, 3.05) is 19.6 Å². The lowest BCUT2D eigenvalue weighted by Gasteiger charge is -2.20. The van der Waals surface area contributed by atoms with Crippen LogP contribution in [0, 0.1) is 5.41 Å². The van der Waals surface area contributed by atoms with Crippen LogP contribution in [0.2, 0.25) is 0 Å². The van der Waals surface area contributed by atoms with E-state index in [1.165, 1.54) is 4.90 Å². The topological polar surface area (TPSA) is 58.6 Å². The molecule has 0 aromatic heterocycles. The number of alkyl halides is 1. The number of rotatable bonds is 2. The molecule has 1 saturated carbocycles. The normalized spacial score (nSPS) is 24.4. The highest BCUT2D eigenvalue weighted by molar-refractivity contribution is 5.82. The van der Waals surface area contributed by atoms with Crippen molar-refractivity contribution in [3.05, 3.63) is 0 Å². The SMILES string of the molecule is CC(C)(C)OC(=O)NCC(=O)N1CC(F)C2(CC2)C1. The highest BCUT2D eigenvalue weighted by Crippen LogP contribution is 2.54. The minimum atomic E-state index is -0.919. The first-order chi connectivity index (χ1) is 8.72. The van der Waals surface area contributed by atoms with Gasteiger partial charge in [0.2, 0.25) is 5.91 Å². The van der Waals surface area contributed by atoms with Crippen molar-refractivity contribution in [2.24, 2.45) is 5.41 Å². The van der Waals surface area contributed by atoms with Gasteiger partial charge in [-0.3, -0.25) is 4.79 Å². The number of nitrogens with zero attached hydrogens (tertiary/aromatic N) is 1. The highest BCUT2D eigenvalue weighted by Gasteiger charge is 2.56. The van der Waals surface area contributed by atoms with Gasteiger partial charge >= 0.3 is 6.09 Å². The lowest BCUT2D eigenvalue weighted by molar-refractivity contribution is -0.129. The molecule has 2 amide bonds. The molecular weight excluding hydrogens is 251 g/mol. The lowest BCUT2D eigenvalue weighted by atomic mass is 10.1. The summed E-state index contributed by atoms with van der Waals surface area (Å²) in [5.74, 6) is -0.253. The summed E-state index contributed by atoms with van der Waals surface area (Å²) >= 11 is 0. The predicted molar refractivity (Wildman–Crippen MR) is 67.4 cm³/mol. The molecule has 108 valence electrons. The smallest absolute Gasteiger partial charge is 0.408 e. The molecule has 1 heterocycles. The number of carbonyl (C=O) groups is 2. The molecule has 1 aliphatic carbocycles. The molecule has 5 nitrogen and oxygen atoms in total. The summed E-state index contributed by atoms with van der Waals surface area (Å²) in [5, 5.41) is 2.40. The van der Waals surface area contributed by atoms with Crippen LogP contribution in [0.3, 0.4) is 0 Å². The number of hydrogen-bond donors (Lipinski definition) is 1. The van der Waals surface area contributed by atoms with Crippen LogP contribution in [-0.2, 0) is 9.53 Å². The minimum Gasteiger partial charge on any atom is -0.444 e. The quantitative estimate of drug-likeness (QED) is 0.828. The number of alkyl carbamates (subject to hydrolysis) is 1. The van der Waals surface area contributed by atoms with Crippen LogP contribution < -0.4 is 5.32 Å². The summed E-state index contributed by atoms with van der Waals surface area (Å²) in [5.41, 5.74) is -0.871. The molecule has 1 unspecified atom stereocenters. The summed E-state index contributed by atoms with van der Waals surface area (Å²) in [7, 11) is 0. The molecule has 0 bridgehead atoms. The maximum atomic E-state index is 13.7. The maximum Gasteiger partial charge on any atom is 0.408 e. The highest BCUT2D eigenvalue weighted by atomic mass is 19.1. The van der Waals surface area contributed by atoms with Gasteiger partial charge in [-0.25, -0.2) is 9.18 Å². The lowest BCUT2D eigenvalue weighted by Crippen LogP contribution is -2.41. The van der Waals surface area contributed by atoms with E-state index >= 15 is 0 Å². The van der Waals surface area contributed by atoms with E-state index in [9.17, 15) is 14.0 Å². The second-order valence-corrected chi connectivity index (χ2v) is 6.46. The van der Waals surface area contributed by atoms with Crippen LogP contribution in [-0.4, -0.2) is 48.3 Å². The molecular formula is C13H21FN2O3. The van der Waals surface area contributed by atoms with Gasteiger partial charge in [0.15, 0.2) is 0 Å². The first-order valence-electron chi connectivity index (χ1n) is 6.61. The number of amides is 2. The second-order valence-electron chi connectivity index (χ2n) is 6.46. The third-order valence-corrected chi connectivity index (χ3v) is 3.58. The molecule has 1 saturated heterocycles. The van der Waals surface area contributed by atoms with Gasteiger partial charge in [0, 0.05) is 12.0 Å². The third-order valence-electron chi connectivity index (χ3n) is 3.58. The van der Waals surface area contributed by atoms with Gasteiger partial charge in [0.1, 0.15) is 18.3 Å². The molecule has 2 rings (SSSR count). The van der Waals surface area contributed by atoms with E-state index in [1.807, 2.05) is 0 Å². The average molecular weight is 272 g/mol. The van der Waals surface area contributed by atoms with Gasteiger partial charge in [0.05, 0.1) is 6.54 Å². The minimum absolute atomic E-state index is 0.141. The van der Waals surface area contributed by atoms with E-state index in [1.54, 1.807) is 20.8 Å². The maximum absolute atomic E-state index is 13.7. The van der Waals surface area contributed by atoms with Crippen molar-refractivity contribution in [2.45, 2.75) is 45.4 Å². The second kappa shape index (κ2) is 4.65. The van der Waals surface area contributed by atoms with Crippen molar-refractivity contribution in [1.29, 1.82) is 0 Å². The van der Waals surface area contributed by atoms with E-state index in [-0.39, 0.29) is 24.4 Å². The Morgan fingerprint density at radius 2 is 2.05 bits per heavy atom. The molecule has 6 heteroatoms. The Morgan fingerprint density at radius 3 is 2.53 bits per heavy atom. The van der Waals surface area contributed by atoms with E-state index < -0.39 is 17.9 Å². The van der Waals surface area contributed by atoms with Crippen LogP contribution in [0.25, 0.3) is 0 Å². The summed E-state index contributed by atoms with van der Waals surface area (Å²) in [6.45, 7) is 5.73. The zero-order valence-electron chi connectivity index (χ0n) is 11.7. The van der Waals surface area contributed by atoms with E-state index in [4.69, 9.17) is 4.74 Å². The van der Waals surface area contributed by atoms with Crippen molar-refractivity contribution in [3.8, 4) is 0 Å².